The average molecular weight is 205 g/mol. The summed E-state index contributed by atoms with van der Waals surface area (Å²) < 4.78 is 0. The summed E-state index contributed by atoms with van der Waals surface area (Å²) in [7, 11) is 4.14. The van der Waals surface area contributed by atoms with Crippen LogP contribution in [0.5, 0.6) is 0 Å². The van der Waals surface area contributed by atoms with Gasteiger partial charge in [-0.05, 0) is 19.7 Å². The molecule has 0 unspecified atom stereocenters. The number of nitrogens with zero attached hydrogens (tertiary/aromatic N) is 1. The van der Waals surface area contributed by atoms with Crippen LogP contribution in [-0.2, 0) is 5.41 Å². The first-order valence-electron chi connectivity index (χ1n) is 5.16. The number of hydrogen-bond acceptors (Lipinski definition) is 2. The molecule has 0 aliphatic heterocycles. The summed E-state index contributed by atoms with van der Waals surface area (Å²) in [4.78, 5) is 12.7. The molecule has 1 aromatic rings. The maximum Gasteiger partial charge on any atom is 0.150 e. The van der Waals surface area contributed by atoms with Crippen molar-refractivity contribution in [2.24, 2.45) is 0 Å². The lowest BCUT2D eigenvalue weighted by Gasteiger charge is -2.28. The van der Waals surface area contributed by atoms with E-state index in [-0.39, 0.29) is 5.41 Å². The normalized spacial score (nSPS) is 11.8. The molecule has 0 N–H and O–H groups in total. The molecule has 82 valence electrons. The average Bonchev–Trinajstić information content (AvgIpc) is 2.16. The van der Waals surface area contributed by atoms with E-state index in [1.54, 1.807) is 0 Å². The van der Waals surface area contributed by atoms with Crippen LogP contribution < -0.4 is 0 Å². The first-order valence-corrected chi connectivity index (χ1v) is 5.16. The first-order chi connectivity index (χ1) is 6.95. The molecule has 0 saturated heterocycles. The minimum absolute atomic E-state index is 0.116. The number of carbonyl (C=O) groups is 1. The summed E-state index contributed by atoms with van der Waals surface area (Å²) in [5.41, 5.74) is 2.12. The molecule has 0 spiro atoms. The highest BCUT2D eigenvalue weighted by Gasteiger charge is 2.20. The van der Waals surface area contributed by atoms with Crippen molar-refractivity contribution in [1.29, 1.82) is 0 Å². The van der Waals surface area contributed by atoms with E-state index >= 15 is 0 Å². The number of carbonyl (C=O) groups excluding carboxylic acids is 1. The fraction of sp³-hybridized carbons (Fsp3) is 0.462. The van der Waals surface area contributed by atoms with E-state index < -0.39 is 0 Å². The Kier molecular flexibility index (Phi) is 3.64. The molecule has 0 aromatic heterocycles. The van der Waals surface area contributed by atoms with Crippen LogP contribution >= 0.6 is 0 Å². The predicted molar refractivity (Wildman–Crippen MR) is 63.4 cm³/mol. The highest BCUT2D eigenvalue weighted by Crippen LogP contribution is 2.23. The van der Waals surface area contributed by atoms with Crippen LogP contribution in [0.25, 0.3) is 0 Å². The van der Waals surface area contributed by atoms with Gasteiger partial charge in [0.1, 0.15) is 6.29 Å². The van der Waals surface area contributed by atoms with Gasteiger partial charge in [-0.15, -0.1) is 0 Å². The molecule has 0 radical (unpaired) electrons. The molecule has 0 heterocycles. The van der Waals surface area contributed by atoms with Crippen molar-refractivity contribution >= 4 is 6.29 Å². The number of likely N-dealkylation sites (N-methyl/N-ethyl adjacent to an activating group) is 1. The molecule has 0 amide bonds. The summed E-state index contributed by atoms with van der Waals surface area (Å²) in [6.07, 6.45) is 0.878. The van der Waals surface area contributed by atoms with Crippen molar-refractivity contribution < 1.29 is 4.79 Å². The van der Waals surface area contributed by atoms with Gasteiger partial charge >= 0.3 is 0 Å². The monoisotopic (exact) mass is 205 g/mol. The van der Waals surface area contributed by atoms with E-state index in [0.29, 0.717) is 0 Å². The third-order valence-corrected chi connectivity index (χ3v) is 2.54. The van der Waals surface area contributed by atoms with Crippen molar-refractivity contribution in [2.75, 3.05) is 20.6 Å². The van der Waals surface area contributed by atoms with Gasteiger partial charge in [-0.3, -0.25) is 4.79 Å². The van der Waals surface area contributed by atoms with E-state index in [0.717, 1.165) is 18.4 Å². The van der Waals surface area contributed by atoms with Crippen molar-refractivity contribution in [2.45, 2.75) is 19.3 Å². The molecule has 2 nitrogen and oxygen atoms in total. The number of hydrogen-bond donors (Lipinski definition) is 0. The zero-order valence-electron chi connectivity index (χ0n) is 9.95. The molecular weight excluding hydrogens is 186 g/mol. The van der Waals surface area contributed by atoms with Crippen LogP contribution in [0, 0.1) is 0 Å². The minimum atomic E-state index is 0.116. The Morgan fingerprint density at radius 1 is 1.20 bits per heavy atom. The SMILES string of the molecule is CN(C)CC(C)(C)c1ccc(C=O)cc1. The van der Waals surface area contributed by atoms with Crippen molar-refractivity contribution in [3.05, 3.63) is 35.4 Å². The largest absolute Gasteiger partial charge is 0.309 e. The Hall–Kier alpha value is -1.15. The summed E-state index contributed by atoms with van der Waals surface area (Å²) in [6, 6.07) is 7.82. The van der Waals surface area contributed by atoms with Gasteiger partial charge in [0.05, 0.1) is 0 Å². The fourth-order valence-electron chi connectivity index (χ4n) is 1.89. The predicted octanol–water partition coefficient (Wildman–Crippen LogP) is 2.34. The molecule has 0 atom stereocenters. The van der Waals surface area contributed by atoms with Gasteiger partial charge in [-0.2, -0.15) is 0 Å². The molecule has 0 aliphatic rings. The van der Waals surface area contributed by atoms with Gasteiger partial charge < -0.3 is 4.90 Å². The molecular formula is C13H19NO. The van der Waals surface area contributed by atoms with E-state index in [4.69, 9.17) is 0 Å². The van der Waals surface area contributed by atoms with Crippen molar-refractivity contribution in [3.8, 4) is 0 Å². The summed E-state index contributed by atoms with van der Waals surface area (Å²) >= 11 is 0. The summed E-state index contributed by atoms with van der Waals surface area (Å²) in [5, 5.41) is 0. The molecule has 1 rings (SSSR count). The lowest BCUT2D eigenvalue weighted by atomic mass is 9.84. The second-order valence-corrected chi connectivity index (χ2v) is 4.86. The van der Waals surface area contributed by atoms with Gasteiger partial charge in [0.2, 0.25) is 0 Å². The smallest absolute Gasteiger partial charge is 0.150 e. The number of rotatable bonds is 4. The zero-order chi connectivity index (χ0) is 11.5. The maximum atomic E-state index is 10.5. The van der Waals surface area contributed by atoms with E-state index in [1.165, 1.54) is 5.56 Å². The van der Waals surface area contributed by atoms with E-state index in [1.807, 2.05) is 24.3 Å². The highest BCUT2D eigenvalue weighted by atomic mass is 16.1. The summed E-state index contributed by atoms with van der Waals surface area (Å²) in [6.45, 7) is 5.42. The lowest BCUT2D eigenvalue weighted by molar-refractivity contribution is 0.112. The van der Waals surface area contributed by atoms with Gasteiger partial charge in [0.15, 0.2) is 0 Å². The van der Waals surface area contributed by atoms with E-state index in [9.17, 15) is 4.79 Å². The first kappa shape index (κ1) is 11.9. The lowest BCUT2D eigenvalue weighted by Crippen LogP contribution is -2.32. The van der Waals surface area contributed by atoms with Gasteiger partial charge in [-0.25, -0.2) is 0 Å². The van der Waals surface area contributed by atoms with Gasteiger partial charge in [0.25, 0.3) is 0 Å². The van der Waals surface area contributed by atoms with Crippen molar-refractivity contribution in [1.82, 2.24) is 4.90 Å². The van der Waals surface area contributed by atoms with Crippen LogP contribution in [-0.4, -0.2) is 31.8 Å². The van der Waals surface area contributed by atoms with Crippen LogP contribution in [0.4, 0.5) is 0 Å². The molecule has 0 fully saturated rings. The van der Waals surface area contributed by atoms with Crippen LogP contribution in [0.3, 0.4) is 0 Å². The fourth-order valence-corrected chi connectivity index (χ4v) is 1.89. The van der Waals surface area contributed by atoms with Gasteiger partial charge in [-0.1, -0.05) is 38.1 Å². The molecule has 1 aromatic carbocycles. The third-order valence-electron chi connectivity index (χ3n) is 2.54. The zero-order valence-corrected chi connectivity index (χ0v) is 9.95. The highest BCUT2D eigenvalue weighted by molar-refractivity contribution is 5.74. The van der Waals surface area contributed by atoms with Crippen molar-refractivity contribution in [3.63, 3.8) is 0 Å². The van der Waals surface area contributed by atoms with E-state index in [2.05, 4.69) is 32.8 Å². The Bertz CT molecular complexity index is 325. The molecule has 0 aliphatic carbocycles. The minimum Gasteiger partial charge on any atom is -0.309 e. The standard InChI is InChI=1S/C13H19NO/c1-13(2,10-14(3)4)12-7-5-11(9-15)6-8-12/h5-9H,10H2,1-4H3. The second kappa shape index (κ2) is 4.58. The third kappa shape index (κ3) is 3.17. The quantitative estimate of drug-likeness (QED) is 0.703. The Morgan fingerprint density at radius 2 is 1.73 bits per heavy atom. The Labute approximate surface area is 91.9 Å². The van der Waals surface area contributed by atoms with Crippen LogP contribution in [0.2, 0.25) is 0 Å². The molecule has 0 bridgehead atoms. The molecule has 0 saturated carbocycles. The topological polar surface area (TPSA) is 20.3 Å². The summed E-state index contributed by atoms with van der Waals surface area (Å²) in [5.74, 6) is 0. The van der Waals surface area contributed by atoms with Crippen LogP contribution in [0.1, 0.15) is 29.8 Å². The second-order valence-electron chi connectivity index (χ2n) is 4.86. The Morgan fingerprint density at radius 3 is 2.13 bits per heavy atom. The Balaban J connectivity index is 2.89. The van der Waals surface area contributed by atoms with Crippen LogP contribution in [0.15, 0.2) is 24.3 Å². The maximum absolute atomic E-state index is 10.5. The van der Waals surface area contributed by atoms with Gasteiger partial charge in [0, 0.05) is 17.5 Å². The molecule has 15 heavy (non-hydrogen) atoms. The number of aldehydes is 1. The number of benzene rings is 1. The molecule has 2 heteroatoms.